The molecule has 6 nitrogen and oxygen atoms in total. The second-order valence-electron chi connectivity index (χ2n) is 8.66. The molecule has 0 bridgehead atoms. The molecule has 1 atom stereocenters. The Morgan fingerprint density at radius 1 is 1.15 bits per heavy atom. The smallest absolute Gasteiger partial charge is 0.335 e. The maximum atomic E-state index is 11.1. The van der Waals surface area contributed by atoms with E-state index in [0.717, 1.165) is 42.6 Å². The largest absolute Gasteiger partial charge is 0.478 e. The molecular weight excluding hydrogens is 477 g/mol. The Morgan fingerprint density at radius 2 is 1.88 bits per heavy atom. The van der Waals surface area contributed by atoms with E-state index in [1.165, 1.54) is 0 Å². The average Bonchev–Trinajstić information content (AvgIpc) is 3.57. The highest BCUT2D eigenvalue weighted by Gasteiger charge is 2.33. The van der Waals surface area contributed by atoms with Crippen molar-refractivity contribution < 1.29 is 24.3 Å². The quantitative estimate of drug-likeness (QED) is 0.273. The highest BCUT2D eigenvalue weighted by Crippen LogP contribution is 2.46. The summed E-state index contributed by atoms with van der Waals surface area (Å²) in [6.07, 6.45) is 4.24. The number of aliphatic hydroxyl groups excluding tert-OH is 1. The van der Waals surface area contributed by atoms with Gasteiger partial charge in [-0.15, -0.1) is 0 Å². The summed E-state index contributed by atoms with van der Waals surface area (Å²) in [5.41, 5.74) is 3.24. The van der Waals surface area contributed by atoms with Crippen LogP contribution in [-0.4, -0.2) is 34.0 Å². The average molecular weight is 504 g/mol. The van der Waals surface area contributed by atoms with Crippen molar-refractivity contribution in [1.29, 1.82) is 0 Å². The van der Waals surface area contributed by atoms with Gasteiger partial charge in [0.15, 0.2) is 0 Å². The zero-order valence-electron chi connectivity index (χ0n) is 18.7. The zero-order valence-corrected chi connectivity index (χ0v) is 20.2. The fraction of sp³-hybridized carbons (Fsp3) is 0.385. The van der Waals surface area contributed by atoms with Crippen molar-refractivity contribution in [1.82, 2.24) is 5.16 Å². The summed E-state index contributed by atoms with van der Waals surface area (Å²) in [6, 6.07) is 12.0. The number of aromatic carboxylic acids is 1. The molecule has 0 aliphatic heterocycles. The van der Waals surface area contributed by atoms with Gasteiger partial charge in [-0.2, -0.15) is 0 Å². The molecule has 34 heavy (non-hydrogen) atoms. The van der Waals surface area contributed by atoms with Crippen molar-refractivity contribution >= 4 is 29.2 Å². The topological polar surface area (TPSA) is 92.8 Å². The first-order chi connectivity index (χ1) is 16.4. The lowest BCUT2D eigenvalue weighted by Gasteiger charge is -2.11. The summed E-state index contributed by atoms with van der Waals surface area (Å²) in [4.78, 5) is 11.1. The van der Waals surface area contributed by atoms with Crippen molar-refractivity contribution in [3.05, 3.63) is 75.0 Å². The second kappa shape index (κ2) is 11.4. The number of ether oxygens (including phenoxy) is 1. The molecule has 1 unspecified atom stereocenters. The molecule has 1 aromatic heterocycles. The fourth-order valence-corrected chi connectivity index (χ4v) is 4.59. The Bertz CT molecular complexity index is 1120. The summed E-state index contributed by atoms with van der Waals surface area (Å²) < 4.78 is 11.6. The molecule has 4 rings (SSSR count). The van der Waals surface area contributed by atoms with E-state index in [1.54, 1.807) is 36.4 Å². The van der Waals surface area contributed by atoms with Crippen LogP contribution in [0.4, 0.5) is 0 Å². The minimum absolute atomic E-state index is 0.231. The second-order valence-corrected chi connectivity index (χ2v) is 9.47. The summed E-state index contributed by atoms with van der Waals surface area (Å²) in [5.74, 6) is 0.256. The normalized spacial score (nSPS) is 14.3. The van der Waals surface area contributed by atoms with Crippen LogP contribution >= 0.6 is 23.2 Å². The number of hydrogen-bond donors (Lipinski definition) is 2. The minimum atomic E-state index is -0.967. The Morgan fingerprint density at radius 3 is 2.59 bits per heavy atom. The van der Waals surface area contributed by atoms with Gasteiger partial charge in [-0.1, -0.05) is 46.6 Å². The monoisotopic (exact) mass is 503 g/mol. The number of carboxylic acid groups (broad SMARTS) is 1. The van der Waals surface area contributed by atoms with Crippen molar-refractivity contribution in [2.75, 3.05) is 6.61 Å². The Hall–Kier alpha value is -2.38. The molecule has 0 amide bonds. The molecule has 1 aliphatic rings. The van der Waals surface area contributed by atoms with E-state index >= 15 is 0 Å². The van der Waals surface area contributed by atoms with Crippen LogP contribution in [-0.2, 0) is 17.8 Å². The molecule has 1 heterocycles. The Labute approximate surface area is 208 Å². The molecule has 3 aromatic rings. The number of aromatic nitrogens is 1. The van der Waals surface area contributed by atoms with Gasteiger partial charge in [-0.3, -0.25) is 0 Å². The third-order valence-corrected chi connectivity index (χ3v) is 6.56. The van der Waals surface area contributed by atoms with E-state index in [1.807, 2.05) is 6.07 Å². The Kier molecular flexibility index (Phi) is 8.27. The van der Waals surface area contributed by atoms with Gasteiger partial charge in [0.1, 0.15) is 11.5 Å². The number of unbranched alkanes of at least 4 members (excludes halogenated alkanes) is 1. The molecule has 0 saturated heterocycles. The van der Waals surface area contributed by atoms with Gasteiger partial charge < -0.3 is 19.5 Å². The van der Waals surface area contributed by atoms with Crippen molar-refractivity contribution in [2.45, 2.75) is 57.2 Å². The molecule has 2 N–H and O–H groups in total. The van der Waals surface area contributed by atoms with Gasteiger partial charge in [0.25, 0.3) is 0 Å². The van der Waals surface area contributed by atoms with Gasteiger partial charge in [-0.25, -0.2) is 4.79 Å². The van der Waals surface area contributed by atoms with Crippen LogP contribution in [0.3, 0.4) is 0 Å². The third-order valence-electron chi connectivity index (χ3n) is 5.93. The fourth-order valence-electron chi connectivity index (χ4n) is 4.01. The molecule has 8 heteroatoms. The molecule has 2 aromatic carbocycles. The summed E-state index contributed by atoms with van der Waals surface area (Å²) >= 11 is 12.8. The van der Waals surface area contributed by atoms with E-state index in [4.69, 9.17) is 37.6 Å². The van der Waals surface area contributed by atoms with Crippen LogP contribution in [0, 0.1) is 0 Å². The number of aliphatic hydroxyl groups is 1. The van der Waals surface area contributed by atoms with Gasteiger partial charge in [0.2, 0.25) is 0 Å². The highest BCUT2D eigenvalue weighted by atomic mass is 35.5. The summed E-state index contributed by atoms with van der Waals surface area (Å²) in [5, 5.41) is 24.7. The van der Waals surface area contributed by atoms with Crippen LogP contribution in [0.2, 0.25) is 10.0 Å². The summed E-state index contributed by atoms with van der Waals surface area (Å²) in [7, 11) is 0. The molecule has 1 fully saturated rings. The van der Waals surface area contributed by atoms with Crippen LogP contribution in [0.25, 0.3) is 11.3 Å². The predicted molar refractivity (Wildman–Crippen MR) is 131 cm³/mol. The highest BCUT2D eigenvalue weighted by molar-refractivity contribution is 6.39. The van der Waals surface area contributed by atoms with Gasteiger partial charge in [0, 0.05) is 23.7 Å². The number of nitrogens with zero attached hydrogens (tertiary/aromatic N) is 1. The maximum Gasteiger partial charge on any atom is 0.335 e. The van der Waals surface area contributed by atoms with Gasteiger partial charge >= 0.3 is 5.97 Å². The van der Waals surface area contributed by atoms with Crippen molar-refractivity contribution in [3.63, 3.8) is 0 Å². The van der Waals surface area contributed by atoms with E-state index in [-0.39, 0.29) is 5.56 Å². The number of carbonyl (C=O) groups is 1. The van der Waals surface area contributed by atoms with E-state index < -0.39 is 12.1 Å². The lowest BCUT2D eigenvalue weighted by molar-refractivity contribution is 0.0696. The van der Waals surface area contributed by atoms with Crippen LogP contribution in [0.5, 0.6) is 0 Å². The van der Waals surface area contributed by atoms with Crippen molar-refractivity contribution in [3.8, 4) is 11.3 Å². The number of rotatable bonds is 12. The predicted octanol–water partition coefficient (Wildman–Crippen LogP) is 6.51. The van der Waals surface area contributed by atoms with E-state index in [9.17, 15) is 9.90 Å². The molecule has 1 saturated carbocycles. The first kappa shape index (κ1) is 24.7. The van der Waals surface area contributed by atoms with E-state index in [0.29, 0.717) is 53.3 Å². The number of halogens is 2. The van der Waals surface area contributed by atoms with Crippen LogP contribution in [0.15, 0.2) is 47.0 Å². The molecule has 1 aliphatic carbocycles. The molecule has 180 valence electrons. The summed E-state index contributed by atoms with van der Waals surface area (Å²) in [6.45, 7) is 0.892. The SMILES string of the molecule is O=C(O)c1cccc(CC(O)CCCCOCc2c(-c3c(Cl)cccc3Cl)noc2C2CC2)c1. The van der Waals surface area contributed by atoms with Crippen LogP contribution in [0.1, 0.15) is 65.3 Å². The molecule has 0 spiro atoms. The standard InChI is InChI=1S/C26H27Cl2NO5/c27-21-8-4-9-22(28)23(21)24-20(25(34-29-24)17-10-11-17)15-33-12-2-1-7-19(30)14-16-5-3-6-18(13-16)26(31)32/h3-6,8-9,13,17,19,30H,1-2,7,10-12,14-15H2,(H,31,32). The zero-order chi connectivity index (χ0) is 24.1. The number of carboxylic acids is 1. The maximum absolute atomic E-state index is 11.1. The first-order valence-electron chi connectivity index (χ1n) is 11.4. The number of benzene rings is 2. The van der Waals surface area contributed by atoms with E-state index in [2.05, 4.69) is 5.16 Å². The molecular formula is C26H27Cl2NO5. The van der Waals surface area contributed by atoms with Gasteiger partial charge in [0.05, 0.1) is 28.3 Å². The first-order valence-corrected chi connectivity index (χ1v) is 12.2. The minimum Gasteiger partial charge on any atom is -0.478 e. The molecule has 0 radical (unpaired) electrons. The van der Waals surface area contributed by atoms with Crippen molar-refractivity contribution in [2.24, 2.45) is 0 Å². The van der Waals surface area contributed by atoms with Crippen LogP contribution < -0.4 is 0 Å². The number of hydrogen-bond acceptors (Lipinski definition) is 5. The lowest BCUT2D eigenvalue weighted by atomic mass is 10.0. The third kappa shape index (κ3) is 6.19. The lowest BCUT2D eigenvalue weighted by Crippen LogP contribution is -2.11. The van der Waals surface area contributed by atoms with Gasteiger partial charge in [-0.05, 0) is 68.4 Å². The Balaban J connectivity index is 1.27.